The van der Waals surface area contributed by atoms with Crippen LogP contribution in [0.3, 0.4) is 0 Å². The van der Waals surface area contributed by atoms with Gasteiger partial charge >= 0.3 is 0 Å². The molecule has 0 aromatic heterocycles. The number of halogens is 1. The number of hydrogen-bond donors (Lipinski definition) is 1. The fourth-order valence-electron chi connectivity index (χ4n) is 5.49. The first-order chi connectivity index (χ1) is 19.3. The lowest BCUT2D eigenvalue weighted by molar-refractivity contribution is -0.133. The highest BCUT2D eigenvalue weighted by Gasteiger charge is 2.28. The molecular formula is C30H40ClN5O4. The molecule has 216 valence electrons. The van der Waals surface area contributed by atoms with Crippen LogP contribution >= 0.6 is 11.6 Å². The van der Waals surface area contributed by atoms with Gasteiger partial charge in [0.25, 0.3) is 5.91 Å². The van der Waals surface area contributed by atoms with E-state index in [1.165, 1.54) is 12.7 Å². The zero-order valence-electron chi connectivity index (χ0n) is 23.3. The van der Waals surface area contributed by atoms with Gasteiger partial charge in [0.15, 0.2) is 0 Å². The number of fused-ring (bicyclic) bond motifs is 1. The minimum atomic E-state index is -0.264. The van der Waals surface area contributed by atoms with Gasteiger partial charge in [-0.15, -0.1) is 0 Å². The van der Waals surface area contributed by atoms with Gasteiger partial charge in [-0.1, -0.05) is 48.0 Å². The molecule has 0 unspecified atom stereocenters. The number of hydrogen-bond acceptors (Lipinski definition) is 6. The number of primary amides is 1. The number of nitrogens with two attached hydrogens (primary N) is 1. The Morgan fingerprint density at radius 3 is 2.38 bits per heavy atom. The van der Waals surface area contributed by atoms with Crippen molar-refractivity contribution in [3.63, 3.8) is 0 Å². The molecule has 2 N–H and O–H groups in total. The average Bonchev–Trinajstić information content (AvgIpc) is 2.97. The van der Waals surface area contributed by atoms with E-state index in [1.54, 1.807) is 17.0 Å². The molecule has 2 aliphatic heterocycles. The summed E-state index contributed by atoms with van der Waals surface area (Å²) in [5.74, 6) is -0.510. The molecule has 2 aliphatic rings. The zero-order valence-corrected chi connectivity index (χ0v) is 24.0. The number of rotatable bonds is 7. The Labute approximate surface area is 241 Å². The third-order valence-corrected chi connectivity index (χ3v) is 8.00. The van der Waals surface area contributed by atoms with E-state index in [0.717, 1.165) is 25.1 Å². The van der Waals surface area contributed by atoms with E-state index < -0.39 is 0 Å². The highest BCUT2D eigenvalue weighted by Crippen LogP contribution is 2.28. The summed E-state index contributed by atoms with van der Waals surface area (Å²) < 4.78 is 5.19. The summed E-state index contributed by atoms with van der Waals surface area (Å²) in [5, 5.41) is 0.532. The number of ether oxygens (including phenoxy) is 1. The SMILES string of the molecule is COCC(=O)N1CCCN(Cc2ccccc2)CCN(C(=O)CN2CCC(C(N)=O)CC2)Cc2ccc(Cl)cc21. The van der Waals surface area contributed by atoms with Crippen LogP contribution in [0.2, 0.25) is 5.02 Å². The van der Waals surface area contributed by atoms with E-state index in [-0.39, 0.29) is 36.8 Å². The summed E-state index contributed by atoms with van der Waals surface area (Å²) in [7, 11) is 1.51. The van der Waals surface area contributed by atoms with Crippen molar-refractivity contribution >= 4 is 35.0 Å². The van der Waals surface area contributed by atoms with E-state index in [2.05, 4.69) is 21.9 Å². The van der Waals surface area contributed by atoms with Crippen LogP contribution in [0.4, 0.5) is 5.69 Å². The Hall–Kier alpha value is -2.98. The number of carbonyl (C=O) groups excluding carboxylic acids is 3. The monoisotopic (exact) mass is 569 g/mol. The van der Waals surface area contributed by atoms with Crippen molar-refractivity contribution in [2.24, 2.45) is 11.7 Å². The van der Waals surface area contributed by atoms with Gasteiger partial charge in [0, 0.05) is 57.3 Å². The second kappa shape index (κ2) is 14.6. The number of amides is 3. The molecule has 0 aliphatic carbocycles. The highest BCUT2D eigenvalue weighted by atomic mass is 35.5. The molecule has 2 aromatic rings. The maximum atomic E-state index is 13.7. The van der Waals surface area contributed by atoms with Crippen molar-refractivity contribution in [3.05, 3.63) is 64.7 Å². The molecular weight excluding hydrogens is 530 g/mol. The van der Waals surface area contributed by atoms with Crippen LogP contribution in [-0.2, 0) is 32.2 Å². The second-order valence-electron chi connectivity index (χ2n) is 10.6. The number of likely N-dealkylation sites (tertiary alicyclic amines) is 1. The number of carbonyl (C=O) groups is 3. The van der Waals surface area contributed by atoms with Crippen LogP contribution in [0.5, 0.6) is 0 Å². The molecule has 10 heteroatoms. The first-order valence-corrected chi connectivity index (χ1v) is 14.3. The molecule has 2 heterocycles. The molecule has 0 bridgehead atoms. The number of methoxy groups -OCH3 is 1. The minimum absolute atomic E-state index is 0.0205. The average molecular weight is 570 g/mol. The van der Waals surface area contributed by atoms with Gasteiger partial charge in [-0.2, -0.15) is 0 Å². The molecule has 0 atom stereocenters. The van der Waals surface area contributed by atoms with Gasteiger partial charge < -0.3 is 20.3 Å². The lowest BCUT2D eigenvalue weighted by Crippen LogP contribution is -2.46. The van der Waals surface area contributed by atoms with E-state index in [1.807, 2.05) is 29.2 Å². The largest absolute Gasteiger partial charge is 0.375 e. The zero-order chi connectivity index (χ0) is 28.5. The number of benzene rings is 2. The molecule has 0 saturated carbocycles. The molecule has 1 saturated heterocycles. The van der Waals surface area contributed by atoms with Crippen LogP contribution in [0, 0.1) is 5.92 Å². The molecule has 0 radical (unpaired) electrons. The van der Waals surface area contributed by atoms with Crippen LogP contribution < -0.4 is 10.6 Å². The first-order valence-electron chi connectivity index (χ1n) is 14.0. The third kappa shape index (κ3) is 8.27. The second-order valence-corrected chi connectivity index (χ2v) is 11.1. The summed E-state index contributed by atoms with van der Waals surface area (Å²) in [6, 6.07) is 15.8. The minimum Gasteiger partial charge on any atom is -0.375 e. The number of nitrogens with zero attached hydrogens (tertiary/aromatic N) is 4. The smallest absolute Gasteiger partial charge is 0.252 e. The molecule has 1 fully saturated rings. The lowest BCUT2D eigenvalue weighted by Gasteiger charge is -2.33. The summed E-state index contributed by atoms with van der Waals surface area (Å²) in [6.07, 6.45) is 2.10. The maximum Gasteiger partial charge on any atom is 0.252 e. The van der Waals surface area contributed by atoms with E-state index >= 15 is 0 Å². The van der Waals surface area contributed by atoms with Crippen LogP contribution in [-0.4, -0.2) is 92.0 Å². The van der Waals surface area contributed by atoms with Gasteiger partial charge in [-0.3, -0.25) is 24.2 Å². The van der Waals surface area contributed by atoms with E-state index in [9.17, 15) is 14.4 Å². The third-order valence-electron chi connectivity index (χ3n) is 7.76. The molecule has 3 amide bonds. The lowest BCUT2D eigenvalue weighted by atomic mass is 9.96. The Bertz CT molecular complexity index is 1160. The normalized spacial score (nSPS) is 18.1. The number of anilines is 1. The maximum absolute atomic E-state index is 13.7. The van der Waals surface area contributed by atoms with Crippen molar-refractivity contribution in [2.45, 2.75) is 32.4 Å². The molecule has 9 nitrogen and oxygen atoms in total. The van der Waals surface area contributed by atoms with Gasteiger partial charge in [0.1, 0.15) is 6.61 Å². The van der Waals surface area contributed by atoms with E-state index in [4.69, 9.17) is 22.1 Å². The predicted molar refractivity (Wildman–Crippen MR) is 156 cm³/mol. The predicted octanol–water partition coefficient (Wildman–Crippen LogP) is 2.75. The Morgan fingerprint density at radius 1 is 0.925 bits per heavy atom. The molecule has 4 rings (SSSR count). The van der Waals surface area contributed by atoms with E-state index in [0.29, 0.717) is 62.8 Å². The van der Waals surface area contributed by atoms with Gasteiger partial charge in [-0.05, 0) is 55.6 Å². The van der Waals surface area contributed by atoms with Gasteiger partial charge in [0.2, 0.25) is 11.8 Å². The standard InChI is InChI=1S/C30H40ClN5O4/c1-40-22-29(38)36-13-5-12-33(19-23-6-3-2-4-7-23)16-17-35(20-25-8-9-26(31)18-27(25)36)28(37)21-34-14-10-24(11-15-34)30(32)39/h2-4,6-9,18,24H,5,10-17,19-22H2,1H3,(H2,32,39). The first kappa shape index (κ1) is 30.0. The van der Waals surface area contributed by atoms with Crippen molar-refractivity contribution in [3.8, 4) is 0 Å². The van der Waals surface area contributed by atoms with Gasteiger partial charge in [0.05, 0.1) is 12.2 Å². The van der Waals surface area contributed by atoms with Crippen molar-refractivity contribution in [2.75, 3.05) is 64.4 Å². The summed E-state index contributed by atoms with van der Waals surface area (Å²) in [6.45, 7) is 5.23. The molecule has 0 spiro atoms. The Morgan fingerprint density at radius 2 is 1.68 bits per heavy atom. The van der Waals surface area contributed by atoms with Crippen molar-refractivity contribution in [1.82, 2.24) is 14.7 Å². The van der Waals surface area contributed by atoms with Crippen LogP contribution in [0.1, 0.15) is 30.4 Å². The van der Waals surface area contributed by atoms with Crippen LogP contribution in [0.25, 0.3) is 0 Å². The highest BCUT2D eigenvalue weighted by molar-refractivity contribution is 6.31. The van der Waals surface area contributed by atoms with Crippen molar-refractivity contribution in [1.29, 1.82) is 0 Å². The summed E-state index contributed by atoms with van der Waals surface area (Å²) in [5.41, 5.74) is 8.28. The Kier molecular flexibility index (Phi) is 10.9. The molecule has 40 heavy (non-hydrogen) atoms. The topological polar surface area (TPSA) is 99.4 Å². The quantitative estimate of drug-likeness (QED) is 0.550. The Balaban J connectivity index is 1.58. The molecule has 2 aromatic carbocycles. The number of piperidine rings is 1. The van der Waals surface area contributed by atoms with Crippen LogP contribution in [0.15, 0.2) is 48.5 Å². The fraction of sp³-hybridized carbons (Fsp3) is 0.500. The summed E-state index contributed by atoms with van der Waals surface area (Å²) in [4.78, 5) is 46.6. The summed E-state index contributed by atoms with van der Waals surface area (Å²) >= 11 is 6.40. The fourth-order valence-corrected chi connectivity index (χ4v) is 5.66. The van der Waals surface area contributed by atoms with Gasteiger partial charge in [-0.25, -0.2) is 0 Å². The van der Waals surface area contributed by atoms with Crippen molar-refractivity contribution < 1.29 is 19.1 Å².